The molecule has 0 aromatic heterocycles. The molecule has 3 aromatic rings. The average Bonchev–Trinajstić information content (AvgIpc) is 3.04. The Hall–Kier alpha value is -2.91. The first-order chi connectivity index (χ1) is 17.4. The van der Waals surface area contributed by atoms with E-state index in [4.69, 9.17) is 0 Å². The highest BCUT2D eigenvalue weighted by Crippen LogP contribution is 2.42. The van der Waals surface area contributed by atoms with Crippen molar-refractivity contribution in [2.75, 3.05) is 10.8 Å². The summed E-state index contributed by atoms with van der Waals surface area (Å²) in [6, 6.07) is 17.7. The van der Waals surface area contributed by atoms with E-state index in [-0.39, 0.29) is 31.3 Å². The van der Waals surface area contributed by atoms with Crippen LogP contribution in [0.25, 0.3) is 10.8 Å². The largest absolute Gasteiger partial charge is 0.350 e. The predicted octanol–water partition coefficient (Wildman–Crippen LogP) is 5.22. The normalized spacial score (nSPS) is 15.0. The van der Waals surface area contributed by atoms with E-state index >= 15 is 0 Å². The van der Waals surface area contributed by atoms with Crippen LogP contribution in [0.15, 0.2) is 70.0 Å². The highest BCUT2D eigenvalue weighted by atomic mass is 79.9. The van der Waals surface area contributed by atoms with Crippen LogP contribution < -0.4 is 9.62 Å². The van der Waals surface area contributed by atoms with Gasteiger partial charge in [0.15, 0.2) is 0 Å². The zero-order chi connectivity index (χ0) is 27.0. The summed E-state index contributed by atoms with van der Waals surface area (Å²) >= 11 is 3.46. The van der Waals surface area contributed by atoms with Crippen molar-refractivity contribution < 1.29 is 18.0 Å². The minimum atomic E-state index is -3.68. The number of benzene rings is 3. The van der Waals surface area contributed by atoms with Gasteiger partial charge in [-0.3, -0.25) is 13.9 Å². The van der Waals surface area contributed by atoms with Crippen LogP contribution in [0.4, 0.5) is 5.69 Å². The second kappa shape index (κ2) is 10.5. The smallest absolute Gasteiger partial charge is 0.265 e. The Morgan fingerprint density at radius 3 is 2.41 bits per heavy atom. The molecule has 0 radical (unpaired) electrons. The van der Waals surface area contributed by atoms with E-state index in [1.165, 1.54) is 4.31 Å². The van der Waals surface area contributed by atoms with Crippen LogP contribution in [0, 0.1) is 0 Å². The summed E-state index contributed by atoms with van der Waals surface area (Å²) in [6.07, 6.45) is 0.435. The molecule has 3 aromatic carbocycles. The summed E-state index contributed by atoms with van der Waals surface area (Å²) in [5.74, 6) is -0.441. The van der Waals surface area contributed by atoms with E-state index in [1.807, 2.05) is 63.2 Å². The molecule has 1 aliphatic heterocycles. The Labute approximate surface area is 227 Å². The van der Waals surface area contributed by atoms with Crippen molar-refractivity contribution in [2.24, 2.45) is 0 Å². The summed E-state index contributed by atoms with van der Waals surface area (Å²) in [6.45, 7) is 7.85. The first-order valence-corrected chi connectivity index (χ1v) is 14.5. The molecular weight excluding hydrogens is 554 g/mol. The van der Waals surface area contributed by atoms with Crippen LogP contribution in [-0.4, -0.2) is 43.3 Å². The monoisotopic (exact) mass is 585 g/mol. The molecule has 2 amide bonds. The van der Waals surface area contributed by atoms with Crippen molar-refractivity contribution in [3.8, 4) is 0 Å². The van der Waals surface area contributed by atoms with Crippen LogP contribution in [0.1, 0.15) is 46.1 Å². The molecule has 1 heterocycles. The number of anilines is 1. The van der Waals surface area contributed by atoms with Gasteiger partial charge in [0, 0.05) is 34.9 Å². The number of hydrogen-bond acceptors (Lipinski definition) is 4. The van der Waals surface area contributed by atoms with E-state index < -0.39 is 21.6 Å². The minimum absolute atomic E-state index is 0.111. The van der Waals surface area contributed by atoms with Crippen molar-refractivity contribution in [1.82, 2.24) is 10.2 Å². The molecule has 37 heavy (non-hydrogen) atoms. The van der Waals surface area contributed by atoms with Gasteiger partial charge in [-0.05, 0) is 69.3 Å². The lowest BCUT2D eigenvalue weighted by atomic mass is 10.1. The number of nitrogens with zero attached hydrogens (tertiary/aromatic N) is 2. The molecule has 0 aliphatic carbocycles. The number of hydrogen-bond donors (Lipinski definition) is 1. The Bertz CT molecular complexity index is 1440. The van der Waals surface area contributed by atoms with Gasteiger partial charge in [-0.25, -0.2) is 8.42 Å². The van der Waals surface area contributed by atoms with E-state index in [2.05, 4.69) is 21.2 Å². The van der Waals surface area contributed by atoms with Gasteiger partial charge < -0.3 is 10.2 Å². The quantitative estimate of drug-likeness (QED) is 0.392. The molecule has 4 rings (SSSR count). The van der Waals surface area contributed by atoms with Gasteiger partial charge in [-0.15, -0.1) is 0 Å². The molecule has 1 atom stereocenters. The Balaban J connectivity index is 1.51. The average molecular weight is 587 g/mol. The first-order valence-electron chi connectivity index (χ1n) is 12.3. The molecule has 7 nitrogen and oxygen atoms in total. The molecular formula is C28H32BrN3O4S. The Morgan fingerprint density at radius 2 is 1.73 bits per heavy atom. The fourth-order valence-electron chi connectivity index (χ4n) is 4.61. The van der Waals surface area contributed by atoms with Crippen LogP contribution in [0.5, 0.6) is 0 Å². The van der Waals surface area contributed by atoms with Crippen molar-refractivity contribution in [3.05, 3.63) is 70.7 Å². The van der Waals surface area contributed by atoms with Crippen LogP contribution >= 0.6 is 15.9 Å². The molecule has 0 bridgehead atoms. The fourth-order valence-corrected chi connectivity index (χ4v) is 6.80. The van der Waals surface area contributed by atoms with Crippen LogP contribution in [0.2, 0.25) is 0 Å². The summed E-state index contributed by atoms with van der Waals surface area (Å²) in [4.78, 5) is 28.3. The third-order valence-electron chi connectivity index (χ3n) is 6.34. The topological polar surface area (TPSA) is 86.8 Å². The lowest BCUT2D eigenvalue weighted by molar-refractivity contribution is -0.141. The molecule has 1 N–H and O–H groups in total. The first kappa shape index (κ1) is 27.1. The molecule has 0 saturated heterocycles. The Morgan fingerprint density at radius 1 is 1.05 bits per heavy atom. The zero-order valence-electron chi connectivity index (χ0n) is 21.5. The van der Waals surface area contributed by atoms with Crippen LogP contribution in [0.3, 0.4) is 0 Å². The van der Waals surface area contributed by atoms with Gasteiger partial charge in [-0.2, -0.15) is 0 Å². The highest BCUT2D eigenvalue weighted by Gasteiger charge is 2.35. The number of halogens is 1. The lowest BCUT2D eigenvalue weighted by Crippen LogP contribution is -2.52. The van der Waals surface area contributed by atoms with Gasteiger partial charge in [0.25, 0.3) is 10.0 Å². The van der Waals surface area contributed by atoms with Crippen LogP contribution in [-0.2, 0) is 26.2 Å². The van der Waals surface area contributed by atoms with Gasteiger partial charge in [-0.1, -0.05) is 52.3 Å². The number of amides is 2. The van der Waals surface area contributed by atoms with Crippen molar-refractivity contribution in [2.45, 2.75) is 63.6 Å². The molecule has 0 spiro atoms. The van der Waals surface area contributed by atoms with E-state index in [0.717, 1.165) is 20.8 Å². The van der Waals surface area contributed by atoms with Crippen molar-refractivity contribution in [3.63, 3.8) is 0 Å². The molecule has 196 valence electrons. The Kier molecular flexibility index (Phi) is 7.67. The minimum Gasteiger partial charge on any atom is -0.350 e. The maximum Gasteiger partial charge on any atom is 0.265 e. The number of carbonyl (C=O) groups is 2. The highest BCUT2D eigenvalue weighted by molar-refractivity contribution is 9.10. The number of rotatable bonds is 8. The number of carbonyl (C=O) groups excluding carboxylic acids is 2. The lowest BCUT2D eigenvalue weighted by Gasteiger charge is -2.31. The van der Waals surface area contributed by atoms with E-state index in [9.17, 15) is 18.0 Å². The van der Waals surface area contributed by atoms with E-state index in [1.54, 1.807) is 30.0 Å². The summed E-state index contributed by atoms with van der Waals surface area (Å²) in [5.41, 5.74) is 1.10. The summed E-state index contributed by atoms with van der Waals surface area (Å²) in [7, 11) is -3.68. The third kappa shape index (κ3) is 5.83. The second-order valence-electron chi connectivity index (χ2n) is 10.4. The molecule has 0 unspecified atom stereocenters. The second-order valence-corrected chi connectivity index (χ2v) is 13.1. The number of nitrogens with one attached hydrogen (secondary N) is 1. The number of sulfonamides is 1. The van der Waals surface area contributed by atoms with Crippen molar-refractivity contribution in [1.29, 1.82) is 0 Å². The molecule has 1 aliphatic rings. The molecule has 0 fully saturated rings. The predicted molar refractivity (Wildman–Crippen MR) is 150 cm³/mol. The molecule has 0 saturated carbocycles. The summed E-state index contributed by atoms with van der Waals surface area (Å²) < 4.78 is 28.8. The van der Waals surface area contributed by atoms with Gasteiger partial charge >= 0.3 is 0 Å². The fraction of sp³-hybridized carbons (Fsp3) is 0.357. The third-order valence-corrected chi connectivity index (χ3v) is 8.69. The zero-order valence-corrected chi connectivity index (χ0v) is 23.9. The van der Waals surface area contributed by atoms with Gasteiger partial charge in [0.1, 0.15) is 6.04 Å². The van der Waals surface area contributed by atoms with Gasteiger partial charge in [0.05, 0.1) is 10.6 Å². The summed E-state index contributed by atoms with van der Waals surface area (Å²) in [5, 5.41) is 4.55. The van der Waals surface area contributed by atoms with E-state index in [0.29, 0.717) is 17.0 Å². The van der Waals surface area contributed by atoms with Gasteiger partial charge in [0.2, 0.25) is 11.8 Å². The SMILES string of the molecule is C[C@@H](C(=O)NC(C)(C)C)N(Cc1cccc(Br)c1)C(=O)CCCN1c2cccc3cccc(c23)S1(=O)=O. The maximum atomic E-state index is 13.5. The standard InChI is InChI=1S/C28H32BrN3O4S/c1-19(27(34)30-28(2,3)4)31(18-20-9-5-12-22(29)17-20)25(33)15-8-16-32-23-13-6-10-21-11-7-14-24(26(21)23)37(32,35)36/h5-7,9-14,17,19H,8,15-16,18H2,1-4H3,(H,30,34)/t19-/m0/s1. The maximum absolute atomic E-state index is 13.5. The molecule has 9 heteroatoms. The van der Waals surface area contributed by atoms with Crippen molar-refractivity contribution >= 4 is 54.2 Å².